The van der Waals surface area contributed by atoms with Crippen molar-refractivity contribution in [3.8, 4) is 0 Å². The topological polar surface area (TPSA) is 277 Å². The van der Waals surface area contributed by atoms with Gasteiger partial charge in [0.2, 0.25) is 0 Å². The van der Waals surface area contributed by atoms with Crippen LogP contribution >= 0.6 is 0 Å². The summed E-state index contributed by atoms with van der Waals surface area (Å²) in [7, 11) is -11.7. The van der Waals surface area contributed by atoms with Crippen LogP contribution in [0.2, 0.25) is 0 Å². The Labute approximate surface area is 410 Å². The fourth-order valence-electron chi connectivity index (χ4n) is 0. The van der Waals surface area contributed by atoms with Gasteiger partial charge in [-0.15, -0.1) is 0 Å². The van der Waals surface area contributed by atoms with Gasteiger partial charge in [0, 0.05) is 0 Å². The second kappa shape index (κ2) is 98.3. The molecule has 12 nitrogen and oxygen atoms in total. The molecule has 0 saturated heterocycles. The summed E-state index contributed by atoms with van der Waals surface area (Å²) in [4.78, 5) is 0. The van der Waals surface area contributed by atoms with E-state index in [0.717, 1.165) is 0 Å². The van der Waals surface area contributed by atoms with Crippen molar-refractivity contribution in [1.82, 2.24) is 0 Å². The zero-order valence-corrected chi connectivity index (χ0v) is 81.7. The SMILES string of the molecule is [Hg+].[Hg+].[Hg+].[Hg+].[Hg+].[Hg+].[Hg+].[Hg+].[Hg+].[Hg+].[Hg+].[Hg+].[O-]B([O-])[O-].[O-]B([O-])[O-].[O-]B([O-])[O-].[O-]B([O-])[O-]. The maximum Gasteiger partial charge on any atom is 1.00 e. The maximum atomic E-state index is 8.42. The predicted octanol–water partition coefficient (Wildman–Crippen LogP) is -15.8. The normalized spacial score (nSPS) is 3.86. The molecule has 28 heavy (non-hydrogen) atoms. The van der Waals surface area contributed by atoms with Crippen molar-refractivity contribution in [2.45, 2.75) is 0 Å². The molecule has 0 aromatic carbocycles. The van der Waals surface area contributed by atoms with Gasteiger partial charge < -0.3 is 60.3 Å². The van der Waals surface area contributed by atoms with Gasteiger partial charge in [-0.3, -0.25) is 29.3 Å². The number of hydrogen-bond donors (Lipinski definition) is 0. The van der Waals surface area contributed by atoms with Gasteiger partial charge in [-0.1, -0.05) is 0 Å². The summed E-state index contributed by atoms with van der Waals surface area (Å²) in [6.45, 7) is 0. The molecule has 0 N–H and O–H groups in total. The Balaban J connectivity index is -0.00000000429. The predicted molar refractivity (Wildman–Crippen MR) is 23.0 cm³/mol. The van der Waals surface area contributed by atoms with E-state index in [9.17, 15) is 0 Å². The Morgan fingerprint density at radius 1 is 0.179 bits per heavy atom. The van der Waals surface area contributed by atoms with E-state index in [-0.39, 0.29) is 332 Å². The minimum absolute atomic E-state index is 0. The van der Waals surface area contributed by atoms with E-state index in [0.29, 0.717) is 0 Å². The summed E-state index contributed by atoms with van der Waals surface area (Å²) in [6.07, 6.45) is 0. The third-order valence-electron chi connectivity index (χ3n) is 0. The molecule has 0 aromatic rings. The molecule has 0 aromatic heterocycles. The molecule has 0 heterocycles. The minimum Gasteiger partial charge on any atom is -0.907 e. The van der Waals surface area contributed by atoms with Crippen molar-refractivity contribution < 1.29 is 392 Å². The summed E-state index contributed by atoms with van der Waals surface area (Å²) in [5.74, 6) is 0. The first-order chi connectivity index (χ1) is 6.93. The van der Waals surface area contributed by atoms with E-state index in [1.54, 1.807) is 0 Å². The quantitative estimate of drug-likeness (QED) is 0.205. The second-order valence-electron chi connectivity index (χ2n) is 1.15. The Morgan fingerprint density at radius 2 is 0.179 bits per heavy atom. The van der Waals surface area contributed by atoms with Gasteiger partial charge in [-0.25, -0.2) is 0 Å². The van der Waals surface area contributed by atoms with Gasteiger partial charge in [0.15, 0.2) is 0 Å². The van der Waals surface area contributed by atoms with Gasteiger partial charge >= 0.3 is 332 Å². The summed E-state index contributed by atoms with van der Waals surface area (Å²) >= 11 is 0. The van der Waals surface area contributed by atoms with Crippen molar-refractivity contribution >= 4 is 29.3 Å². The van der Waals surface area contributed by atoms with Crippen LogP contribution in [0.3, 0.4) is 0 Å². The molecule has 0 unspecified atom stereocenters. The first-order valence-electron chi connectivity index (χ1n) is 2.83. The van der Waals surface area contributed by atoms with Crippen molar-refractivity contribution in [2.24, 2.45) is 0 Å². The summed E-state index contributed by atoms with van der Waals surface area (Å²) < 4.78 is 0. The molecule has 0 aliphatic carbocycles. The van der Waals surface area contributed by atoms with Crippen molar-refractivity contribution in [2.75, 3.05) is 0 Å². The summed E-state index contributed by atoms with van der Waals surface area (Å²) in [5, 5.41) is 101. The molecule has 0 fully saturated rings. The molecule has 0 bridgehead atoms. The van der Waals surface area contributed by atoms with Gasteiger partial charge in [0.25, 0.3) is 0 Å². The van der Waals surface area contributed by atoms with Crippen LogP contribution in [0, 0.1) is 0 Å². The molecular formula is B4Hg12O12. The van der Waals surface area contributed by atoms with Crippen LogP contribution in [0.1, 0.15) is 0 Å². The molecule has 12 radical (unpaired) electrons. The fraction of sp³-hybridized carbons (Fsp3) is 0. The Hall–Kier alpha value is 11.0. The van der Waals surface area contributed by atoms with E-state index in [1.807, 2.05) is 0 Å². The van der Waals surface area contributed by atoms with Crippen molar-refractivity contribution in [1.29, 1.82) is 0 Å². The third kappa shape index (κ3) is 396. The Kier molecular flexibility index (Phi) is 374. The Morgan fingerprint density at radius 3 is 0.179 bits per heavy atom. The first kappa shape index (κ1) is 106. The Bertz CT molecular complexity index is 83.6. The minimum atomic E-state index is -2.92. The van der Waals surface area contributed by atoms with Gasteiger partial charge in [-0.2, -0.15) is 0 Å². The fourth-order valence-corrected chi connectivity index (χ4v) is 0. The van der Waals surface area contributed by atoms with Crippen LogP contribution in [0.4, 0.5) is 0 Å². The van der Waals surface area contributed by atoms with E-state index in [2.05, 4.69) is 0 Å². The largest absolute Gasteiger partial charge is 1.00 e. The van der Waals surface area contributed by atoms with E-state index < -0.39 is 29.3 Å². The van der Waals surface area contributed by atoms with Crippen molar-refractivity contribution in [3.63, 3.8) is 0 Å². The van der Waals surface area contributed by atoms with Crippen LogP contribution in [-0.4, -0.2) is 29.3 Å². The summed E-state index contributed by atoms with van der Waals surface area (Å²) in [6, 6.07) is 0. The van der Waals surface area contributed by atoms with E-state index in [1.165, 1.54) is 0 Å². The van der Waals surface area contributed by atoms with Crippen molar-refractivity contribution in [3.05, 3.63) is 0 Å². The molecule has 0 amide bonds. The van der Waals surface area contributed by atoms with Crippen LogP contribution in [0.15, 0.2) is 0 Å². The number of rotatable bonds is 0. The van der Waals surface area contributed by atoms with E-state index >= 15 is 0 Å². The molecule has 108 valence electrons. The average Bonchev–Trinajstić information content (AvgIpc) is 1.76. The zero-order chi connectivity index (χ0) is 14.3. The molecule has 0 spiro atoms. The van der Waals surface area contributed by atoms with Gasteiger partial charge in [0.1, 0.15) is 0 Å². The molecular weight excluding hydrogens is 2640 g/mol. The molecule has 28 heteroatoms. The third-order valence-corrected chi connectivity index (χ3v) is 0. The van der Waals surface area contributed by atoms with Crippen LogP contribution in [0.5, 0.6) is 0 Å². The molecule has 0 atom stereocenters. The van der Waals surface area contributed by atoms with Crippen LogP contribution in [-0.2, 0) is 332 Å². The zero-order valence-electron chi connectivity index (χ0n) is 15.7. The standard InChI is InChI=1S/4BO3.12Hg/c4*2-1(3)4;;;;;;;;;;;;/q4*-3;12*+1. The van der Waals surface area contributed by atoms with Crippen LogP contribution in [0.25, 0.3) is 0 Å². The monoisotopic (exact) mass is 2660 g/mol. The molecule has 0 saturated carbocycles. The second-order valence-corrected chi connectivity index (χ2v) is 1.15. The first-order valence-corrected chi connectivity index (χ1v) is 2.83. The average molecular weight is 2640 g/mol. The molecule has 0 aliphatic rings. The van der Waals surface area contributed by atoms with Crippen LogP contribution < -0.4 is 60.3 Å². The molecule has 0 rings (SSSR count). The van der Waals surface area contributed by atoms with Gasteiger partial charge in [-0.05, 0) is 0 Å². The number of hydrogen-bond acceptors (Lipinski definition) is 12. The summed E-state index contributed by atoms with van der Waals surface area (Å²) in [5.41, 5.74) is 0. The maximum absolute atomic E-state index is 8.42. The smallest absolute Gasteiger partial charge is 0.907 e. The van der Waals surface area contributed by atoms with Gasteiger partial charge in [0.05, 0.1) is 0 Å². The van der Waals surface area contributed by atoms with E-state index in [4.69, 9.17) is 60.3 Å². The molecule has 0 aliphatic heterocycles.